The molecule has 1 rings (SSSR count). The van der Waals surface area contributed by atoms with E-state index >= 15 is 0 Å². The fraction of sp³-hybridized carbons (Fsp3) is 0.667. The molecule has 1 atom stereocenters. The molecule has 0 aromatic carbocycles. The van der Waals surface area contributed by atoms with E-state index < -0.39 is 5.97 Å². The average molecular weight is 198 g/mol. The summed E-state index contributed by atoms with van der Waals surface area (Å²) in [4.78, 5) is 11.2. The van der Waals surface area contributed by atoms with Gasteiger partial charge in [-0.05, 0) is 13.3 Å². The quantitative estimate of drug-likeness (QED) is 0.689. The van der Waals surface area contributed by atoms with Crippen molar-refractivity contribution in [3.8, 4) is 0 Å². The Bertz CT molecular complexity index is 309. The molecular formula is C9H14N2O3. The molecule has 1 unspecified atom stereocenters. The molecule has 1 heterocycles. The van der Waals surface area contributed by atoms with Gasteiger partial charge in [-0.1, -0.05) is 13.8 Å². The van der Waals surface area contributed by atoms with Gasteiger partial charge in [0, 0.05) is 5.92 Å². The molecule has 5 heteroatoms. The van der Waals surface area contributed by atoms with Gasteiger partial charge in [0.25, 0.3) is 0 Å². The third-order valence-electron chi connectivity index (χ3n) is 1.92. The molecule has 0 amide bonds. The van der Waals surface area contributed by atoms with Crippen molar-refractivity contribution in [2.24, 2.45) is 0 Å². The van der Waals surface area contributed by atoms with Crippen LogP contribution in [0.2, 0.25) is 0 Å². The van der Waals surface area contributed by atoms with E-state index in [1.807, 2.05) is 13.8 Å². The molecule has 0 aliphatic carbocycles. The molecule has 0 bridgehead atoms. The number of carbonyl (C=O) groups excluding carboxylic acids is 1. The number of nitrogens with zero attached hydrogens (tertiary/aromatic N) is 2. The molecule has 0 spiro atoms. The third kappa shape index (κ3) is 2.31. The summed E-state index contributed by atoms with van der Waals surface area (Å²) in [6.07, 6.45) is 0.893. The molecule has 78 valence electrons. The first-order valence-electron chi connectivity index (χ1n) is 4.69. The van der Waals surface area contributed by atoms with Crippen molar-refractivity contribution < 1.29 is 13.9 Å². The molecule has 0 radical (unpaired) electrons. The van der Waals surface area contributed by atoms with Crippen LogP contribution in [0.4, 0.5) is 0 Å². The van der Waals surface area contributed by atoms with Crippen molar-refractivity contribution in [2.75, 3.05) is 6.61 Å². The van der Waals surface area contributed by atoms with E-state index in [2.05, 4.69) is 10.2 Å². The third-order valence-corrected chi connectivity index (χ3v) is 1.92. The van der Waals surface area contributed by atoms with E-state index in [-0.39, 0.29) is 11.8 Å². The zero-order valence-electron chi connectivity index (χ0n) is 8.61. The minimum atomic E-state index is -0.561. The standard InChI is InChI=1S/C9H14N2O3/c1-4-6(3)7-10-11-8(14-7)9(12)13-5-2/h6H,4-5H2,1-3H3. The van der Waals surface area contributed by atoms with Gasteiger partial charge in [-0.3, -0.25) is 0 Å². The van der Waals surface area contributed by atoms with Crippen molar-refractivity contribution in [2.45, 2.75) is 33.1 Å². The molecule has 0 aliphatic rings. The largest absolute Gasteiger partial charge is 0.459 e. The lowest BCUT2D eigenvalue weighted by Crippen LogP contribution is -2.04. The van der Waals surface area contributed by atoms with Crippen LogP contribution in [0.1, 0.15) is 49.7 Å². The van der Waals surface area contributed by atoms with Gasteiger partial charge < -0.3 is 9.15 Å². The summed E-state index contributed by atoms with van der Waals surface area (Å²) < 4.78 is 9.87. The topological polar surface area (TPSA) is 65.2 Å². The van der Waals surface area contributed by atoms with Crippen LogP contribution in [-0.2, 0) is 4.74 Å². The van der Waals surface area contributed by atoms with Crippen LogP contribution in [0.5, 0.6) is 0 Å². The van der Waals surface area contributed by atoms with E-state index in [1.165, 1.54) is 0 Å². The average Bonchev–Trinajstić information content (AvgIpc) is 2.66. The number of hydrogen-bond donors (Lipinski definition) is 0. The summed E-state index contributed by atoms with van der Waals surface area (Å²) in [5.74, 6) is 0.0259. The van der Waals surface area contributed by atoms with Gasteiger partial charge >= 0.3 is 11.9 Å². The van der Waals surface area contributed by atoms with E-state index in [1.54, 1.807) is 6.92 Å². The van der Waals surface area contributed by atoms with Crippen molar-refractivity contribution >= 4 is 5.97 Å². The summed E-state index contributed by atoms with van der Waals surface area (Å²) in [6, 6.07) is 0. The molecule has 1 aromatic rings. The number of ether oxygens (including phenoxy) is 1. The van der Waals surface area contributed by atoms with Crippen LogP contribution < -0.4 is 0 Å². The van der Waals surface area contributed by atoms with Crippen LogP contribution >= 0.6 is 0 Å². The predicted octanol–water partition coefficient (Wildman–Crippen LogP) is 1.76. The number of carbonyl (C=O) groups is 1. The maximum Gasteiger partial charge on any atom is 0.396 e. The highest BCUT2D eigenvalue weighted by Crippen LogP contribution is 2.16. The minimum absolute atomic E-state index is 0.0675. The molecule has 5 nitrogen and oxygen atoms in total. The lowest BCUT2D eigenvalue weighted by Gasteiger charge is -1.99. The second-order valence-electron chi connectivity index (χ2n) is 2.98. The Hall–Kier alpha value is -1.39. The van der Waals surface area contributed by atoms with Gasteiger partial charge in [0.15, 0.2) is 0 Å². The summed E-state index contributed by atoms with van der Waals surface area (Å²) >= 11 is 0. The molecule has 1 aromatic heterocycles. The van der Waals surface area contributed by atoms with Gasteiger partial charge in [0.05, 0.1) is 6.61 Å². The second kappa shape index (κ2) is 4.74. The van der Waals surface area contributed by atoms with Gasteiger partial charge in [0.1, 0.15) is 0 Å². The first-order chi connectivity index (χ1) is 6.69. The van der Waals surface area contributed by atoms with Crippen LogP contribution in [0.25, 0.3) is 0 Å². The predicted molar refractivity (Wildman–Crippen MR) is 49.0 cm³/mol. The molecule has 0 saturated carbocycles. The monoisotopic (exact) mass is 198 g/mol. The highest BCUT2D eigenvalue weighted by Gasteiger charge is 2.18. The van der Waals surface area contributed by atoms with Gasteiger partial charge in [-0.2, -0.15) is 0 Å². The Morgan fingerprint density at radius 1 is 1.50 bits per heavy atom. The van der Waals surface area contributed by atoms with Gasteiger partial charge in [0.2, 0.25) is 5.89 Å². The number of rotatable bonds is 4. The molecule has 0 aliphatic heterocycles. The summed E-state index contributed by atoms with van der Waals surface area (Å²) in [6.45, 7) is 6.01. The molecule has 0 N–H and O–H groups in total. The number of esters is 1. The van der Waals surface area contributed by atoms with Gasteiger partial charge in [-0.25, -0.2) is 4.79 Å². The normalized spacial score (nSPS) is 12.5. The SMILES string of the molecule is CCOC(=O)c1nnc(C(C)CC)o1. The lowest BCUT2D eigenvalue weighted by molar-refractivity contribution is 0.0478. The van der Waals surface area contributed by atoms with Crippen LogP contribution in [0, 0.1) is 0 Å². The summed E-state index contributed by atoms with van der Waals surface area (Å²) in [5.41, 5.74) is 0. The van der Waals surface area contributed by atoms with Crippen LogP contribution in [0.3, 0.4) is 0 Å². The van der Waals surface area contributed by atoms with Crippen LogP contribution in [0.15, 0.2) is 4.42 Å². The van der Waals surface area contributed by atoms with Gasteiger partial charge in [-0.15, -0.1) is 10.2 Å². The molecular weight excluding hydrogens is 184 g/mol. The van der Waals surface area contributed by atoms with E-state index in [0.29, 0.717) is 12.5 Å². The Morgan fingerprint density at radius 2 is 2.21 bits per heavy atom. The van der Waals surface area contributed by atoms with E-state index in [0.717, 1.165) is 6.42 Å². The fourth-order valence-electron chi connectivity index (χ4n) is 0.884. The Kier molecular flexibility index (Phi) is 3.62. The van der Waals surface area contributed by atoms with Crippen LogP contribution in [-0.4, -0.2) is 22.8 Å². The first kappa shape index (κ1) is 10.7. The zero-order chi connectivity index (χ0) is 10.6. The molecule has 0 saturated heterocycles. The first-order valence-corrected chi connectivity index (χ1v) is 4.69. The van der Waals surface area contributed by atoms with E-state index in [4.69, 9.17) is 9.15 Å². The van der Waals surface area contributed by atoms with Crippen molar-refractivity contribution in [3.63, 3.8) is 0 Å². The Morgan fingerprint density at radius 3 is 2.79 bits per heavy atom. The Balaban J connectivity index is 2.72. The van der Waals surface area contributed by atoms with Crippen molar-refractivity contribution in [1.29, 1.82) is 0 Å². The molecule has 14 heavy (non-hydrogen) atoms. The smallest absolute Gasteiger partial charge is 0.396 e. The lowest BCUT2D eigenvalue weighted by atomic mass is 10.1. The summed E-state index contributed by atoms with van der Waals surface area (Å²) in [5, 5.41) is 7.39. The zero-order valence-corrected chi connectivity index (χ0v) is 8.61. The second-order valence-corrected chi connectivity index (χ2v) is 2.98. The Labute approximate surface area is 82.5 Å². The fourth-order valence-corrected chi connectivity index (χ4v) is 0.884. The minimum Gasteiger partial charge on any atom is -0.459 e. The summed E-state index contributed by atoms with van der Waals surface area (Å²) in [7, 11) is 0. The maximum absolute atomic E-state index is 11.2. The number of hydrogen-bond acceptors (Lipinski definition) is 5. The van der Waals surface area contributed by atoms with E-state index in [9.17, 15) is 4.79 Å². The van der Waals surface area contributed by atoms with Crippen molar-refractivity contribution in [3.05, 3.63) is 11.8 Å². The highest BCUT2D eigenvalue weighted by molar-refractivity contribution is 5.83. The maximum atomic E-state index is 11.2. The number of aromatic nitrogens is 2. The highest BCUT2D eigenvalue weighted by atomic mass is 16.5. The van der Waals surface area contributed by atoms with Crippen molar-refractivity contribution in [1.82, 2.24) is 10.2 Å². The molecule has 0 fully saturated rings.